The first kappa shape index (κ1) is 20.3. The van der Waals surface area contributed by atoms with Gasteiger partial charge in [0.25, 0.3) is 5.56 Å². The maximum Gasteiger partial charge on any atom is 0.261 e. The van der Waals surface area contributed by atoms with Crippen LogP contribution in [0.5, 0.6) is 0 Å². The van der Waals surface area contributed by atoms with Gasteiger partial charge in [-0.25, -0.2) is 4.98 Å². The van der Waals surface area contributed by atoms with Crippen LogP contribution in [0.3, 0.4) is 0 Å². The smallest absolute Gasteiger partial charge is 0.261 e. The summed E-state index contributed by atoms with van der Waals surface area (Å²) in [5, 5.41) is 7.77. The van der Waals surface area contributed by atoms with Gasteiger partial charge in [0.1, 0.15) is 11.4 Å². The van der Waals surface area contributed by atoms with E-state index in [1.54, 1.807) is 6.20 Å². The highest BCUT2D eigenvalue weighted by Gasteiger charge is 2.18. The molecule has 1 aliphatic rings. The first-order valence-electron chi connectivity index (χ1n) is 10.9. The molecule has 1 fully saturated rings. The summed E-state index contributed by atoms with van der Waals surface area (Å²) in [5.41, 5.74) is 6.05. The van der Waals surface area contributed by atoms with E-state index in [1.165, 1.54) is 0 Å². The van der Waals surface area contributed by atoms with E-state index in [-0.39, 0.29) is 5.56 Å². The first-order chi connectivity index (χ1) is 15.6. The minimum absolute atomic E-state index is 0.185. The van der Waals surface area contributed by atoms with Crippen LogP contribution in [0.15, 0.2) is 41.5 Å². The predicted octanol–water partition coefficient (Wildman–Crippen LogP) is 2.68. The number of morpholine rings is 1. The zero-order valence-electron chi connectivity index (χ0n) is 18.3. The molecule has 32 heavy (non-hydrogen) atoms. The molecule has 0 amide bonds. The summed E-state index contributed by atoms with van der Waals surface area (Å²) < 4.78 is 7.36. The fourth-order valence-corrected chi connectivity index (χ4v) is 4.15. The average molecular weight is 434 g/mol. The number of nitrogens with zero attached hydrogens (tertiary/aromatic N) is 4. The van der Waals surface area contributed by atoms with Gasteiger partial charge in [-0.05, 0) is 43.7 Å². The summed E-state index contributed by atoms with van der Waals surface area (Å²) in [7, 11) is 0. The Morgan fingerprint density at radius 3 is 2.81 bits per heavy atom. The number of fused-ring (bicyclic) bond motifs is 1. The van der Waals surface area contributed by atoms with Gasteiger partial charge < -0.3 is 24.9 Å². The van der Waals surface area contributed by atoms with Gasteiger partial charge in [-0.15, -0.1) is 0 Å². The standard InChI is InChI=1S/C23H27N7O2/c1-15-13-17(29-9-11-32-12-10-29)14-19-21(15)27-22(26-19)20-18(3-5-25-23(20)31)24-6-8-30-7-4-16(2)28-30/h3-5,7,13-14H,6,8-12H2,1-2H3,(H,26,27)(H2,24,25,31). The van der Waals surface area contributed by atoms with Crippen LogP contribution < -0.4 is 15.8 Å². The van der Waals surface area contributed by atoms with E-state index in [0.29, 0.717) is 24.5 Å². The third-order valence-corrected chi connectivity index (χ3v) is 5.77. The van der Waals surface area contributed by atoms with E-state index < -0.39 is 0 Å². The van der Waals surface area contributed by atoms with E-state index >= 15 is 0 Å². The van der Waals surface area contributed by atoms with Crippen molar-refractivity contribution in [3.05, 3.63) is 58.3 Å². The van der Waals surface area contributed by atoms with Gasteiger partial charge in [0, 0.05) is 37.7 Å². The fourth-order valence-electron chi connectivity index (χ4n) is 4.15. The molecule has 3 N–H and O–H groups in total. The van der Waals surface area contributed by atoms with Crippen LogP contribution in [0.25, 0.3) is 22.4 Å². The number of hydrogen-bond donors (Lipinski definition) is 3. The van der Waals surface area contributed by atoms with Crippen molar-refractivity contribution in [3.63, 3.8) is 0 Å². The summed E-state index contributed by atoms with van der Waals surface area (Å²) >= 11 is 0. The largest absolute Gasteiger partial charge is 0.382 e. The quantitative estimate of drug-likeness (QED) is 0.432. The second kappa shape index (κ2) is 8.51. The van der Waals surface area contributed by atoms with Gasteiger partial charge in [0.05, 0.1) is 42.2 Å². The van der Waals surface area contributed by atoms with E-state index in [2.05, 4.69) is 44.3 Å². The Kier molecular flexibility index (Phi) is 5.40. The van der Waals surface area contributed by atoms with Gasteiger partial charge in [-0.2, -0.15) is 5.10 Å². The number of ether oxygens (including phenoxy) is 1. The second-order valence-electron chi connectivity index (χ2n) is 8.09. The van der Waals surface area contributed by atoms with Crippen molar-refractivity contribution in [1.82, 2.24) is 24.7 Å². The second-order valence-corrected chi connectivity index (χ2v) is 8.09. The SMILES string of the molecule is Cc1ccn(CCNc2cc[nH]c(=O)c2-c2nc3c(C)cc(N4CCOCC4)cc3[nH]2)n1. The number of nitrogens with one attached hydrogen (secondary N) is 3. The molecule has 3 aromatic heterocycles. The Hall–Kier alpha value is -3.59. The summed E-state index contributed by atoms with van der Waals surface area (Å²) in [4.78, 5) is 26.0. The molecule has 5 rings (SSSR count). The van der Waals surface area contributed by atoms with E-state index in [0.717, 1.165) is 60.0 Å². The molecule has 0 atom stereocenters. The zero-order chi connectivity index (χ0) is 22.1. The predicted molar refractivity (Wildman–Crippen MR) is 125 cm³/mol. The number of hydrogen-bond acceptors (Lipinski definition) is 6. The van der Waals surface area contributed by atoms with Crippen molar-refractivity contribution < 1.29 is 4.74 Å². The number of anilines is 2. The maximum absolute atomic E-state index is 12.8. The topological polar surface area (TPSA) is 104 Å². The van der Waals surface area contributed by atoms with E-state index in [4.69, 9.17) is 9.72 Å². The Morgan fingerprint density at radius 2 is 2.03 bits per heavy atom. The molecule has 1 aliphatic heterocycles. The average Bonchev–Trinajstić information content (AvgIpc) is 3.40. The Bertz CT molecular complexity index is 1300. The third kappa shape index (κ3) is 3.99. The first-order valence-corrected chi connectivity index (χ1v) is 10.9. The number of rotatable bonds is 6. The molecule has 0 bridgehead atoms. The van der Waals surface area contributed by atoms with Gasteiger partial charge in [-0.3, -0.25) is 9.48 Å². The molecule has 9 nitrogen and oxygen atoms in total. The molecule has 166 valence electrons. The van der Waals surface area contributed by atoms with Crippen molar-refractivity contribution >= 4 is 22.4 Å². The maximum atomic E-state index is 12.8. The highest BCUT2D eigenvalue weighted by Crippen LogP contribution is 2.29. The van der Waals surface area contributed by atoms with Crippen molar-refractivity contribution in [1.29, 1.82) is 0 Å². The fraction of sp³-hybridized carbons (Fsp3) is 0.348. The van der Waals surface area contributed by atoms with Crippen LogP contribution in [-0.2, 0) is 11.3 Å². The monoisotopic (exact) mass is 433 g/mol. The van der Waals surface area contributed by atoms with Crippen LogP contribution in [0.1, 0.15) is 11.3 Å². The number of imidazole rings is 1. The molecular formula is C23H27N7O2. The Morgan fingerprint density at radius 1 is 1.19 bits per heavy atom. The minimum Gasteiger partial charge on any atom is -0.382 e. The number of aryl methyl sites for hydroxylation is 2. The van der Waals surface area contributed by atoms with Crippen LogP contribution in [0.4, 0.5) is 11.4 Å². The van der Waals surface area contributed by atoms with Gasteiger partial charge in [0.15, 0.2) is 0 Å². The van der Waals surface area contributed by atoms with Crippen LogP contribution in [0.2, 0.25) is 0 Å². The van der Waals surface area contributed by atoms with E-state index in [1.807, 2.05) is 29.9 Å². The highest BCUT2D eigenvalue weighted by atomic mass is 16.5. The van der Waals surface area contributed by atoms with E-state index in [9.17, 15) is 4.79 Å². The normalized spacial score (nSPS) is 14.2. The van der Waals surface area contributed by atoms with Crippen molar-refractivity contribution in [2.75, 3.05) is 43.1 Å². The molecule has 0 aliphatic carbocycles. The van der Waals surface area contributed by atoms with Crippen LogP contribution >= 0.6 is 0 Å². The summed E-state index contributed by atoms with van der Waals surface area (Å²) in [6.07, 6.45) is 3.60. The van der Waals surface area contributed by atoms with Gasteiger partial charge >= 0.3 is 0 Å². The van der Waals surface area contributed by atoms with Crippen LogP contribution in [-0.4, -0.2) is 57.6 Å². The summed E-state index contributed by atoms with van der Waals surface area (Å²) in [6.45, 7) is 8.56. The molecule has 0 unspecified atom stereocenters. The molecule has 1 saturated heterocycles. The van der Waals surface area contributed by atoms with Crippen molar-refractivity contribution in [2.45, 2.75) is 20.4 Å². The molecule has 0 radical (unpaired) electrons. The lowest BCUT2D eigenvalue weighted by Gasteiger charge is -2.29. The zero-order valence-corrected chi connectivity index (χ0v) is 18.3. The lowest BCUT2D eigenvalue weighted by atomic mass is 10.1. The molecule has 0 saturated carbocycles. The molecule has 4 heterocycles. The third-order valence-electron chi connectivity index (χ3n) is 5.77. The molecular weight excluding hydrogens is 406 g/mol. The van der Waals surface area contributed by atoms with Gasteiger partial charge in [-0.1, -0.05) is 0 Å². The summed E-state index contributed by atoms with van der Waals surface area (Å²) in [6, 6.07) is 8.10. The van der Waals surface area contributed by atoms with Gasteiger partial charge in [0.2, 0.25) is 0 Å². The lowest BCUT2D eigenvalue weighted by molar-refractivity contribution is 0.122. The number of benzene rings is 1. The Labute approximate surface area is 185 Å². The minimum atomic E-state index is -0.185. The summed E-state index contributed by atoms with van der Waals surface area (Å²) in [5.74, 6) is 0.557. The molecule has 9 heteroatoms. The van der Waals surface area contributed by atoms with Crippen molar-refractivity contribution in [2.24, 2.45) is 0 Å². The Balaban J connectivity index is 1.45. The van der Waals surface area contributed by atoms with Crippen molar-refractivity contribution in [3.8, 4) is 11.4 Å². The van der Waals surface area contributed by atoms with Crippen LogP contribution in [0, 0.1) is 13.8 Å². The number of H-pyrrole nitrogens is 2. The number of aromatic amines is 2. The molecule has 0 spiro atoms. The number of aromatic nitrogens is 5. The number of pyridine rings is 1. The molecule has 4 aromatic rings. The molecule has 1 aromatic carbocycles. The highest BCUT2D eigenvalue weighted by molar-refractivity contribution is 5.87. The lowest BCUT2D eigenvalue weighted by Crippen LogP contribution is -2.36.